The summed E-state index contributed by atoms with van der Waals surface area (Å²) in [5, 5.41) is 23.3. The molecule has 2 unspecified atom stereocenters. The zero-order chi connectivity index (χ0) is 44.4. The Morgan fingerprint density at radius 2 is 0.770 bits per heavy atom. The van der Waals surface area contributed by atoms with Crippen LogP contribution in [0.2, 0.25) is 0 Å². The third-order valence-electron chi connectivity index (χ3n) is 12.5. The predicted molar refractivity (Wildman–Crippen MR) is 264 cm³/mol. The van der Waals surface area contributed by atoms with E-state index in [2.05, 4.69) is 43.5 Å². The number of unbranched alkanes of at least 4 members (excludes halogenated alkanes) is 35. The molecule has 0 saturated heterocycles. The van der Waals surface area contributed by atoms with Crippen molar-refractivity contribution in [2.24, 2.45) is 0 Å². The van der Waals surface area contributed by atoms with Gasteiger partial charge in [0.1, 0.15) is 0 Å². The number of aliphatic hydroxyl groups is 2. The fourth-order valence-electron chi connectivity index (χ4n) is 8.28. The lowest BCUT2D eigenvalue weighted by atomic mass is 10.0. The van der Waals surface area contributed by atoms with Gasteiger partial charge in [0.2, 0.25) is 5.91 Å². The van der Waals surface area contributed by atoms with Gasteiger partial charge in [0.25, 0.3) is 0 Å². The van der Waals surface area contributed by atoms with Gasteiger partial charge in [-0.2, -0.15) is 0 Å². The summed E-state index contributed by atoms with van der Waals surface area (Å²) in [5.74, 6) is -0.0860. The minimum atomic E-state index is -0.682. The molecule has 0 aromatic rings. The van der Waals surface area contributed by atoms with Crippen LogP contribution in [0.3, 0.4) is 0 Å². The van der Waals surface area contributed by atoms with Crippen LogP contribution in [0.25, 0.3) is 0 Å². The van der Waals surface area contributed by atoms with E-state index in [9.17, 15) is 19.8 Å². The highest BCUT2D eigenvalue weighted by Crippen LogP contribution is 2.17. The standard InChI is InChI=1S/C55H105NO5/c1-3-5-7-9-11-13-15-17-18-19-20-21-22-24-27-31-35-39-43-47-53(58)52(51-57)56-54(59)48-44-40-36-32-28-25-23-26-30-34-38-42-46-50-61-55(60)49-45-41-37-33-29-16-14-12-10-8-6-4-2/h12,14,25,28,52-53,57-58H,3-11,13,15-24,26-27,29-51H2,1-2H3,(H,56,59)/b14-12-,28-25-. The van der Waals surface area contributed by atoms with Crippen molar-refractivity contribution in [2.75, 3.05) is 13.2 Å². The average Bonchev–Trinajstić information content (AvgIpc) is 3.26. The number of rotatable bonds is 50. The Kier molecular flexibility index (Phi) is 49.6. The molecule has 0 saturated carbocycles. The zero-order valence-electron chi connectivity index (χ0n) is 40.9. The Balaban J connectivity index is 3.51. The molecule has 2 atom stereocenters. The van der Waals surface area contributed by atoms with Crippen LogP contribution in [0.5, 0.6) is 0 Å². The van der Waals surface area contributed by atoms with Crippen molar-refractivity contribution in [2.45, 2.75) is 302 Å². The van der Waals surface area contributed by atoms with Crippen LogP contribution in [-0.2, 0) is 14.3 Å². The number of ether oxygens (including phenoxy) is 1. The third kappa shape index (κ3) is 47.7. The Morgan fingerprint density at radius 3 is 1.21 bits per heavy atom. The zero-order valence-corrected chi connectivity index (χ0v) is 40.9. The molecule has 360 valence electrons. The van der Waals surface area contributed by atoms with Gasteiger partial charge in [0.05, 0.1) is 25.4 Å². The second-order valence-corrected chi connectivity index (χ2v) is 18.6. The molecule has 0 heterocycles. The van der Waals surface area contributed by atoms with E-state index in [4.69, 9.17) is 4.74 Å². The van der Waals surface area contributed by atoms with E-state index in [-0.39, 0.29) is 18.5 Å². The summed E-state index contributed by atoms with van der Waals surface area (Å²) in [7, 11) is 0. The van der Waals surface area contributed by atoms with E-state index in [1.54, 1.807) is 0 Å². The van der Waals surface area contributed by atoms with Crippen molar-refractivity contribution in [1.82, 2.24) is 5.32 Å². The van der Waals surface area contributed by atoms with Crippen LogP contribution in [0.15, 0.2) is 24.3 Å². The van der Waals surface area contributed by atoms with Crippen molar-refractivity contribution < 1.29 is 24.5 Å². The molecule has 0 aliphatic rings. The van der Waals surface area contributed by atoms with Crippen LogP contribution in [-0.4, -0.2) is 47.4 Å². The van der Waals surface area contributed by atoms with Crippen molar-refractivity contribution in [1.29, 1.82) is 0 Å². The number of amides is 1. The van der Waals surface area contributed by atoms with E-state index in [1.165, 1.54) is 186 Å². The molecule has 0 spiro atoms. The molecule has 3 N–H and O–H groups in total. The second kappa shape index (κ2) is 51.0. The Hall–Kier alpha value is -1.66. The SMILES string of the molecule is CCCCC/C=C\CCCCCCCC(=O)OCCCCCCCC/C=C\CCCCCC(=O)NC(CO)C(O)CCCCCCCCCCCCCCCCCCCCC. The lowest BCUT2D eigenvalue weighted by Gasteiger charge is -2.22. The number of hydrogen-bond donors (Lipinski definition) is 3. The molecule has 0 fully saturated rings. The van der Waals surface area contributed by atoms with Crippen molar-refractivity contribution in [3.63, 3.8) is 0 Å². The van der Waals surface area contributed by atoms with E-state index in [1.807, 2.05) is 0 Å². The maximum atomic E-state index is 12.5. The molecule has 1 amide bonds. The number of aliphatic hydroxyl groups excluding tert-OH is 2. The highest BCUT2D eigenvalue weighted by Gasteiger charge is 2.20. The summed E-state index contributed by atoms with van der Waals surface area (Å²) >= 11 is 0. The van der Waals surface area contributed by atoms with Crippen molar-refractivity contribution in [3.8, 4) is 0 Å². The number of nitrogens with one attached hydrogen (secondary N) is 1. The van der Waals surface area contributed by atoms with Gasteiger partial charge in [0.15, 0.2) is 0 Å². The highest BCUT2D eigenvalue weighted by atomic mass is 16.5. The largest absolute Gasteiger partial charge is 0.466 e. The van der Waals surface area contributed by atoms with Gasteiger partial charge < -0.3 is 20.3 Å². The summed E-state index contributed by atoms with van der Waals surface area (Å²) < 4.78 is 5.44. The predicted octanol–water partition coefficient (Wildman–Crippen LogP) is 16.3. The summed E-state index contributed by atoms with van der Waals surface area (Å²) in [4.78, 5) is 24.5. The lowest BCUT2D eigenvalue weighted by Crippen LogP contribution is -2.45. The first-order valence-corrected chi connectivity index (χ1v) is 27.1. The van der Waals surface area contributed by atoms with Gasteiger partial charge in [0, 0.05) is 12.8 Å². The average molecular weight is 860 g/mol. The Labute approximate surface area is 380 Å². The monoisotopic (exact) mass is 860 g/mol. The number of hydrogen-bond acceptors (Lipinski definition) is 5. The lowest BCUT2D eigenvalue weighted by molar-refractivity contribution is -0.143. The smallest absolute Gasteiger partial charge is 0.305 e. The summed E-state index contributed by atoms with van der Waals surface area (Å²) in [6.45, 7) is 4.89. The van der Waals surface area contributed by atoms with Crippen molar-refractivity contribution in [3.05, 3.63) is 24.3 Å². The normalized spacial score (nSPS) is 12.8. The molecule has 6 heteroatoms. The van der Waals surface area contributed by atoms with Gasteiger partial charge in [-0.25, -0.2) is 0 Å². The minimum Gasteiger partial charge on any atom is -0.466 e. The maximum absolute atomic E-state index is 12.5. The van der Waals surface area contributed by atoms with Crippen LogP contribution in [0, 0.1) is 0 Å². The molecular weight excluding hydrogens is 755 g/mol. The Morgan fingerprint density at radius 1 is 0.443 bits per heavy atom. The van der Waals surface area contributed by atoms with E-state index >= 15 is 0 Å². The first kappa shape index (κ1) is 59.3. The molecule has 6 nitrogen and oxygen atoms in total. The van der Waals surface area contributed by atoms with Crippen LogP contribution in [0.1, 0.15) is 290 Å². The number of esters is 1. The molecule has 0 aliphatic carbocycles. The molecule has 0 aromatic carbocycles. The highest BCUT2D eigenvalue weighted by molar-refractivity contribution is 5.76. The van der Waals surface area contributed by atoms with Gasteiger partial charge in [-0.1, -0.05) is 224 Å². The second-order valence-electron chi connectivity index (χ2n) is 18.6. The fraction of sp³-hybridized carbons (Fsp3) is 0.891. The molecule has 0 radical (unpaired) electrons. The first-order valence-electron chi connectivity index (χ1n) is 27.1. The Bertz CT molecular complexity index is 951. The van der Waals surface area contributed by atoms with E-state index in [0.29, 0.717) is 25.9 Å². The number of carbonyl (C=O) groups excluding carboxylic acids is 2. The quantitative estimate of drug-likeness (QED) is 0.0322. The number of carbonyl (C=O) groups is 2. The molecular formula is C55H105NO5. The summed E-state index contributed by atoms with van der Waals surface area (Å²) in [5.41, 5.74) is 0. The van der Waals surface area contributed by atoms with Gasteiger partial charge in [-0.05, 0) is 77.0 Å². The molecule has 0 aromatic heterocycles. The topological polar surface area (TPSA) is 95.9 Å². The number of allylic oxidation sites excluding steroid dienone is 4. The summed E-state index contributed by atoms with van der Waals surface area (Å²) in [6, 6.07) is -0.562. The molecule has 61 heavy (non-hydrogen) atoms. The molecule has 0 bridgehead atoms. The van der Waals surface area contributed by atoms with Gasteiger partial charge in [-0.15, -0.1) is 0 Å². The van der Waals surface area contributed by atoms with Gasteiger partial charge in [-0.3, -0.25) is 9.59 Å². The molecule has 0 aliphatic heterocycles. The van der Waals surface area contributed by atoms with Crippen LogP contribution in [0.4, 0.5) is 0 Å². The van der Waals surface area contributed by atoms with E-state index < -0.39 is 12.1 Å². The maximum Gasteiger partial charge on any atom is 0.305 e. The first-order chi connectivity index (χ1) is 30.0. The van der Waals surface area contributed by atoms with Crippen molar-refractivity contribution >= 4 is 11.9 Å². The fourth-order valence-corrected chi connectivity index (χ4v) is 8.28. The minimum absolute atomic E-state index is 0.0224. The van der Waals surface area contributed by atoms with Crippen LogP contribution >= 0.6 is 0 Å². The van der Waals surface area contributed by atoms with Gasteiger partial charge >= 0.3 is 5.97 Å². The van der Waals surface area contributed by atoms with E-state index in [0.717, 1.165) is 70.6 Å². The van der Waals surface area contributed by atoms with Crippen LogP contribution < -0.4 is 5.32 Å². The summed E-state index contributed by atoms with van der Waals surface area (Å²) in [6.07, 6.45) is 60.1. The molecule has 0 rings (SSSR count). The third-order valence-corrected chi connectivity index (χ3v) is 12.5.